The number of carboxylic acid groups (broad SMARTS) is 1. The third-order valence-corrected chi connectivity index (χ3v) is 6.37. The second-order valence-corrected chi connectivity index (χ2v) is 10.5. The molecule has 0 atom stereocenters. The van der Waals surface area contributed by atoms with E-state index in [2.05, 4.69) is 29.8 Å². The lowest BCUT2D eigenvalue weighted by atomic mass is 9.96. The Labute approximate surface area is 234 Å². The van der Waals surface area contributed by atoms with Crippen LogP contribution in [0.4, 0.5) is 4.39 Å². The molecule has 0 aliphatic carbocycles. The number of methoxy groups -OCH3 is 1. The second kappa shape index (κ2) is 18.2. The van der Waals surface area contributed by atoms with Crippen LogP contribution in [0.25, 0.3) is 0 Å². The number of ether oxygens (including phenoxy) is 3. The molecule has 1 aromatic carbocycles. The van der Waals surface area contributed by atoms with Gasteiger partial charge in [-0.2, -0.15) is 0 Å². The van der Waals surface area contributed by atoms with Gasteiger partial charge in [0.1, 0.15) is 30.3 Å². The van der Waals surface area contributed by atoms with Crippen molar-refractivity contribution in [3.8, 4) is 11.5 Å². The van der Waals surface area contributed by atoms with Crippen molar-refractivity contribution in [1.29, 1.82) is 0 Å². The van der Waals surface area contributed by atoms with Crippen LogP contribution in [0, 0.1) is 11.3 Å². The summed E-state index contributed by atoms with van der Waals surface area (Å²) in [6, 6.07) is 3.76. The lowest BCUT2D eigenvalue weighted by Crippen LogP contribution is -2.25. The monoisotopic (exact) mass is 606 g/mol. The van der Waals surface area contributed by atoms with E-state index in [1.165, 1.54) is 13.8 Å². The highest BCUT2D eigenvalue weighted by Crippen LogP contribution is 2.34. The number of hydrogen-bond acceptors (Lipinski definition) is 5. The standard InChI is InChI=1S/C23H32BrClO4.C5H9FO2/c1-6-17(4)19(25)12-15-29-23(26)21-20(28-14-7-13-24)11-10-18(22(21)27-5)9-8-16(2)3;1-5(2,3-6)4(7)8/h7,10-11,13,16H,6,8-9,12,14-15H2,1-5H3;3H2,1-2H3,(H,7,8)/b13-7+,19-17+;. The Morgan fingerprint density at radius 3 is 2.38 bits per heavy atom. The van der Waals surface area contributed by atoms with E-state index in [0.717, 1.165) is 35.4 Å². The van der Waals surface area contributed by atoms with Crippen LogP contribution in [0.1, 0.15) is 76.7 Å². The molecule has 0 saturated carbocycles. The van der Waals surface area contributed by atoms with Crippen molar-refractivity contribution in [2.24, 2.45) is 11.3 Å². The number of carbonyl (C=O) groups excluding carboxylic acids is 1. The molecule has 1 N–H and O–H groups in total. The molecule has 6 nitrogen and oxygen atoms in total. The first kappa shape index (κ1) is 34.9. The molecule has 0 heterocycles. The number of halogens is 3. The minimum absolute atomic E-state index is 0.203. The van der Waals surface area contributed by atoms with E-state index in [1.807, 2.05) is 26.0 Å². The Bertz CT molecular complexity index is 927. The molecule has 0 radical (unpaired) electrons. The molecule has 0 aliphatic heterocycles. The summed E-state index contributed by atoms with van der Waals surface area (Å²) >= 11 is 9.47. The minimum Gasteiger partial charge on any atom is -0.495 e. The topological polar surface area (TPSA) is 82.1 Å². The van der Waals surface area contributed by atoms with Crippen LogP contribution in [0.5, 0.6) is 11.5 Å². The van der Waals surface area contributed by atoms with Gasteiger partial charge < -0.3 is 19.3 Å². The van der Waals surface area contributed by atoms with Gasteiger partial charge in [-0.05, 0) is 68.6 Å². The third-order valence-electron chi connectivity index (χ3n) is 5.49. The smallest absolute Gasteiger partial charge is 0.345 e. The normalized spacial score (nSPS) is 12.1. The zero-order chi connectivity index (χ0) is 28.6. The number of benzene rings is 1. The predicted octanol–water partition coefficient (Wildman–Crippen LogP) is 8.11. The molecule has 1 aromatic rings. The first-order valence-corrected chi connectivity index (χ1v) is 13.5. The molecule has 0 aliphatic rings. The number of allylic oxidation sites excluding steroid dienone is 1. The Morgan fingerprint density at radius 2 is 1.92 bits per heavy atom. The summed E-state index contributed by atoms with van der Waals surface area (Å²) in [5.41, 5.74) is 1.18. The summed E-state index contributed by atoms with van der Waals surface area (Å²) in [4.78, 5) is 24.6. The molecule has 0 bridgehead atoms. The molecule has 210 valence electrons. The summed E-state index contributed by atoms with van der Waals surface area (Å²) in [5.74, 6) is -0.0602. The maximum absolute atomic E-state index is 12.9. The van der Waals surface area contributed by atoms with Crippen LogP contribution in [0.2, 0.25) is 0 Å². The van der Waals surface area contributed by atoms with Crippen LogP contribution in [0.3, 0.4) is 0 Å². The molecule has 0 amide bonds. The molecule has 9 heteroatoms. The Hall–Kier alpha value is -2.06. The Balaban J connectivity index is 0.00000139. The zero-order valence-electron chi connectivity index (χ0n) is 23.0. The molecular formula is C28H41BrClFO6. The average Bonchev–Trinajstić information content (AvgIpc) is 2.86. The number of hydrogen-bond donors (Lipinski definition) is 1. The van der Waals surface area contributed by atoms with Crippen LogP contribution < -0.4 is 9.47 Å². The maximum atomic E-state index is 12.9. The van der Waals surface area contributed by atoms with Gasteiger partial charge in [0, 0.05) is 11.5 Å². The lowest BCUT2D eigenvalue weighted by Gasteiger charge is -2.17. The van der Waals surface area contributed by atoms with Gasteiger partial charge in [-0.15, -0.1) is 0 Å². The highest BCUT2D eigenvalue weighted by atomic mass is 79.9. The molecular weight excluding hydrogens is 567 g/mol. The van der Waals surface area contributed by atoms with E-state index in [-0.39, 0.29) is 6.61 Å². The van der Waals surface area contributed by atoms with Gasteiger partial charge in [0.25, 0.3) is 0 Å². The SMILES string of the molecule is CC(C)(CF)C(=O)O.CC/C(C)=C(/Cl)CCOC(=O)c1c(OC/C=C/Br)ccc(CCC(C)C)c1OC. The van der Waals surface area contributed by atoms with Crippen molar-refractivity contribution in [1.82, 2.24) is 0 Å². The van der Waals surface area contributed by atoms with Gasteiger partial charge in [-0.3, -0.25) is 4.79 Å². The first-order chi connectivity index (χ1) is 17.4. The van der Waals surface area contributed by atoms with Crippen LogP contribution >= 0.6 is 27.5 Å². The van der Waals surface area contributed by atoms with E-state index in [1.54, 1.807) is 18.2 Å². The van der Waals surface area contributed by atoms with Crippen molar-refractivity contribution in [3.63, 3.8) is 0 Å². The maximum Gasteiger partial charge on any atom is 0.345 e. The van der Waals surface area contributed by atoms with Crippen LogP contribution in [0.15, 0.2) is 33.8 Å². The molecule has 0 saturated heterocycles. The third kappa shape index (κ3) is 12.8. The number of aryl methyl sites for hydroxylation is 1. The lowest BCUT2D eigenvalue weighted by molar-refractivity contribution is -0.147. The van der Waals surface area contributed by atoms with Crippen molar-refractivity contribution < 1.29 is 33.3 Å². The number of aliphatic carboxylic acids is 1. The van der Waals surface area contributed by atoms with E-state index >= 15 is 0 Å². The number of rotatable bonds is 14. The van der Waals surface area contributed by atoms with E-state index < -0.39 is 24.0 Å². The largest absolute Gasteiger partial charge is 0.495 e. The predicted molar refractivity (Wildman–Crippen MR) is 151 cm³/mol. The van der Waals surface area contributed by atoms with Gasteiger partial charge >= 0.3 is 11.9 Å². The fourth-order valence-corrected chi connectivity index (χ4v) is 3.10. The van der Waals surface area contributed by atoms with Gasteiger partial charge in [0.05, 0.1) is 19.1 Å². The Kier molecular flexibility index (Phi) is 17.2. The number of carbonyl (C=O) groups is 2. The molecule has 0 fully saturated rings. The summed E-state index contributed by atoms with van der Waals surface area (Å²) in [6.45, 7) is 10.8. The Morgan fingerprint density at radius 1 is 1.27 bits per heavy atom. The second-order valence-electron chi connectivity index (χ2n) is 9.48. The average molecular weight is 608 g/mol. The van der Waals surface area contributed by atoms with Gasteiger partial charge in [-0.25, -0.2) is 9.18 Å². The van der Waals surface area contributed by atoms with Crippen molar-refractivity contribution >= 4 is 39.5 Å². The van der Waals surface area contributed by atoms with Gasteiger partial charge in [-0.1, -0.05) is 59.9 Å². The minimum atomic E-state index is -1.21. The first-order valence-electron chi connectivity index (χ1n) is 12.2. The van der Waals surface area contributed by atoms with Crippen molar-refractivity contribution in [2.45, 2.75) is 67.2 Å². The van der Waals surface area contributed by atoms with E-state index in [0.29, 0.717) is 36.0 Å². The molecule has 0 spiro atoms. The highest BCUT2D eigenvalue weighted by Gasteiger charge is 2.26. The quantitative estimate of drug-likeness (QED) is 0.215. The molecule has 0 aromatic heterocycles. The van der Waals surface area contributed by atoms with Crippen molar-refractivity contribution in [3.05, 3.63) is 44.9 Å². The zero-order valence-corrected chi connectivity index (χ0v) is 25.3. The highest BCUT2D eigenvalue weighted by molar-refractivity contribution is 9.11. The van der Waals surface area contributed by atoms with Crippen molar-refractivity contribution in [2.75, 3.05) is 27.0 Å². The summed E-state index contributed by atoms with van der Waals surface area (Å²) in [6.07, 6.45) is 4.97. The fraction of sp³-hybridized carbons (Fsp3) is 0.571. The van der Waals surface area contributed by atoms with E-state index in [4.69, 9.17) is 30.9 Å². The van der Waals surface area contributed by atoms with E-state index in [9.17, 15) is 14.0 Å². The number of esters is 1. The van der Waals surface area contributed by atoms with Gasteiger partial charge in [0.15, 0.2) is 0 Å². The summed E-state index contributed by atoms with van der Waals surface area (Å²) in [5, 5.41) is 8.93. The molecule has 1 rings (SSSR count). The summed E-state index contributed by atoms with van der Waals surface area (Å²) < 4.78 is 28.5. The summed E-state index contributed by atoms with van der Waals surface area (Å²) in [7, 11) is 1.57. The van der Waals surface area contributed by atoms with Gasteiger partial charge in [0.2, 0.25) is 0 Å². The number of carboxylic acids is 1. The van der Waals surface area contributed by atoms with Crippen LogP contribution in [-0.2, 0) is 16.0 Å². The fourth-order valence-electron chi connectivity index (χ4n) is 2.74. The van der Waals surface area contributed by atoms with Crippen LogP contribution in [-0.4, -0.2) is 44.0 Å². The number of alkyl halides is 1. The molecule has 37 heavy (non-hydrogen) atoms. The molecule has 0 unspecified atom stereocenters.